The van der Waals surface area contributed by atoms with Crippen LogP contribution in [0.5, 0.6) is 0 Å². The number of hydrogen-bond donors (Lipinski definition) is 1. The summed E-state index contributed by atoms with van der Waals surface area (Å²) in [4.78, 5) is 7.98. The van der Waals surface area contributed by atoms with Gasteiger partial charge in [-0.3, -0.25) is 0 Å². The first-order valence-corrected chi connectivity index (χ1v) is 4.99. The molecule has 0 radical (unpaired) electrons. The van der Waals surface area contributed by atoms with Crippen molar-refractivity contribution in [1.82, 2.24) is 14.5 Å². The van der Waals surface area contributed by atoms with Gasteiger partial charge in [-0.2, -0.15) is 4.98 Å². The van der Waals surface area contributed by atoms with E-state index in [2.05, 4.69) is 32.6 Å². The highest BCUT2D eigenvalue weighted by Crippen LogP contribution is 2.25. The van der Waals surface area contributed by atoms with Gasteiger partial charge < -0.3 is 10.3 Å². The van der Waals surface area contributed by atoms with Gasteiger partial charge in [0.25, 0.3) is 0 Å². The molecule has 0 saturated carbocycles. The average molecular weight is 309 g/mol. The van der Waals surface area contributed by atoms with Gasteiger partial charge in [-0.25, -0.2) is 4.98 Å². The van der Waals surface area contributed by atoms with E-state index in [4.69, 9.17) is 17.3 Å². The number of hydrogen-bond acceptors (Lipinski definition) is 3. The van der Waals surface area contributed by atoms with E-state index in [-0.39, 0.29) is 5.28 Å². The number of anilines is 1. The second kappa shape index (κ2) is 2.98. The third-order valence-corrected chi connectivity index (χ3v) is 2.76. The molecular weight excluding hydrogens is 302 g/mol. The fraction of sp³-hybridized carbons (Fsp3) is 0.143. The Bertz CT molecular complexity index is 479. The first-order valence-electron chi connectivity index (χ1n) is 3.53. The van der Waals surface area contributed by atoms with E-state index in [0.717, 1.165) is 14.6 Å². The van der Waals surface area contributed by atoms with Crippen LogP contribution in [0.2, 0.25) is 5.28 Å². The number of aryl methyl sites for hydroxylation is 1. The summed E-state index contributed by atoms with van der Waals surface area (Å²) >= 11 is 7.88. The molecule has 2 rings (SSSR count). The first-order chi connectivity index (χ1) is 6.09. The lowest BCUT2D eigenvalue weighted by Crippen LogP contribution is -1.96. The number of aromatic nitrogens is 3. The van der Waals surface area contributed by atoms with Crippen molar-refractivity contribution in [2.45, 2.75) is 0 Å². The number of nitrogens with two attached hydrogens (primary N) is 1. The Hall–Kier alpha value is -0.560. The number of halogens is 2. The minimum atomic E-state index is 0.183. The van der Waals surface area contributed by atoms with Crippen molar-refractivity contribution in [3.05, 3.63) is 15.1 Å². The molecule has 0 aliphatic carbocycles. The zero-order chi connectivity index (χ0) is 9.59. The Morgan fingerprint density at radius 1 is 1.54 bits per heavy atom. The summed E-state index contributed by atoms with van der Waals surface area (Å²) in [6, 6.07) is 0. The summed E-state index contributed by atoms with van der Waals surface area (Å²) < 4.78 is 2.91. The standard InChI is InChI=1S/C7H6ClIN4/c1-13-2-3(9)4-5(10)11-7(8)12-6(4)13/h2H,1H3,(H2,10,11,12). The highest BCUT2D eigenvalue weighted by atomic mass is 127. The maximum atomic E-state index is 5.72. The SMILES string of the molecule is Cn1cc(I)c2c(N)nc(Cl)nc21. The van der Waals surface area contributed by atoms with Gasteiger partial charge in [0.05, 0.1) is 5.39 Å². The van der Waals surface area contributed by atoms with Gasteiger partial charge >= 0.3 is 0 Å². The highest BCUT2D eigenvalue weighted by Gasteiger charge is 2.10. The Morgan fingerprint density at radius 3 is 2.92 bits per heavy atom. The lowest BCUT2D eigenvalue weighted by molar-refractivity contribution is 0.942. The molecule has 0 spiro atoms. The molecule has 0 aromatic carbocycles. The van der Waals surface area contributed by atoms with Crippen LogP contribution in [0.25, 0.3) is 11.0 Å². The van der Waals surface area contributed by atoms with Crippen molar-refractivity contribution in [2.75, 3.05) is 5.73 Å². The Balaban J connectivity index is 2.97. The second-order valence-corrected chi connectivity index (χ2v) is 4.16. The van der Waals surface area contributed by atoms with Gasteiger partial charge in [0.2, 0.25) is 5.28 Å². The number of nitrogens with zero attached hydrogens (tertiary/aromatic N) is 3. The van der Waals surface area contributed by atoms with Crippen molar-refractivity contribution in [3.63, 3.8) is 0 Å². The van der Waals surface area contributed by atoms with Crippen LogP contribution in [0, 0.1) is 3.57 Å². The van der Waals surface area contributed by atoms with E-state index >= 15 is 0 Å². The molecule has 0 bridgehead atoms. The van der Waals surface area contributed by atoms with Gasteiger partial charge in [-0.15, -0.1) is 0 Å². The largest absolute Gasteiger partial charge is 0.383 e. The molecule has 13 heavy (non-hydrogen) atoms. The van der Waals surface area contributed by atoms with Crippen molar-refractivity contribution in [3.8, 4) is 0 Å². The Morgan fingerprint density at radius 2 is 2.23 bits per heavy atom. The third kappa shape index (κ3) is 1.35. The average Bonchev–Trinajstić information content (AvgIpc) is 2.27. The molecule has 6 heteroatoms. The quantitative estimate of drug-likeness (QED) is 0.596. The molecular formula is C7H6ClIN4. The van der Waals surface area contributed by atoms with Crippen molar-refractivity contribution in [2.24, 2.45) is 7.05 Å². The van der Waals surface area contributed by atoms with Crippen LogP contribution in [0.3, 0.4) is 0 Å². The van der Waals surface area contributed by atoms with Crippen LogP contribution < -0.4 is 5.73 Å². The molecule has 0 saturated heterocycles. The smallest absolute Gasteiger partial charge is 0.226 e. The van der Waals surface area contributed by atoms with Crippen LogP contribution in [0.4, 0.5) is 5.82 Å². The predicted molar refractivity (Wildman–Crippen MR) is 60.6 cm³/mol. The highest BCUT2D eigenvalue weighted by molar-refractivity contribution is 14.1. The zero-order valence-corrected chi connectivity index (χ0v) is 9.67. The van der Waals surface area contributed by atoms with Gasteiger partial charge in [0.15, 0.2) is 0 Å². The molecule has 2 aromatic rings. The van der Waals surface area contributed by atoms with Gasteiger partial charge in [-0.1, -0.05) is 0 Å². The monoisotopic (exact) mass is 308 g/mol. The molecule has 0 atom stereocenters. The summed E-state index contributed by atoms with van der Waals surface area (Å²) in [5, 5.41) is 1.05. The van der Waals surface area contributed by atoms with Crippen molar-refractivity contribution < 1.29 is 0 Å². The number of nitrogen functional groups attached to an aromatic ring is 1. The summed E-state index contributed by atoms with van der Waals surface area (Å²) in [6.45, 7) is 0. The van der Waals surface area contributed by atoms with E-state index in [1.807, 2.05) is 17.8 Å². The summed E-state index contributed by atoms with van der Waals surface area (Å²) in [7, 11) is 1.90. The molecule has 0 fully saturated rings. The zero-order valence-electron chi connectivity index (χ0n) is 6.75. The molecule has 0 aliphatic rings. The van der Waals surface area contributed by atoms with Crippen molar-refractivity contribution in [1.29, 1.82) is 0 Å². The van der Waals surface area contributed by atoms with Crippen LogP contribution in [0.15, 0.2) is 6.20 Å². The molecule has 4 nitrogen and oxygen atoms in total. The van der Waals surface area contributed by atoms with E-state index in [1.54, 1.807) is 0 Å². The van der Waals surface area contributed by atoms with Crippen LogP contribution in [-0.2, 0) is 7.05 Å². The molecule has 0 aliphatic heterocycles. The minimum absolute atomic E-state index is 0.183. The third-order valence-electron chi connectivity index (χ3n) is 1.77. The van der Waals surface area contributed by atoms with E-state index in [1.165, 1.54) is 0 Å². The van der Waals surface area contributed by atoms with Crippen molar-refractivity contribution >= 4 is 51.0 Å². The van der Waals surface area contributed by atoms with E-state index in [0.29, 0.717) is 5.82 Å². The molecule has 0 unspecified atom stereocenters. The molecule has 2 N–H and O–H groups in total. The van der Waals surface area contributed by atoms with Crippen LogP contribution in [0.1, 0.15) is 0 Å². The van der Waals surface area contributed by atoms with Gasteiger partial charge in [0, 0.05) is 16.8 Å². The maximum absolute atomic E-state index is 5.72. The first kappa shape index (κ1) is 9.01. The van der Waals surface area contributed by atoms with Gasteiger partial charge in [0.1, 0.15) is 11.5 Å². The topological polar surface area (TPSA) is 56.7 Å². The van der Waals surface area contributed by atoms with E-state index in [9.17, 15) is 0 Å². The Labute approximate surface area is 93.2 Å². The number of fused-ring (bicyclic) bond motifs is 1. The fourth-order valence-electron chi connectivity index (χ4n) is 1.22. The van der Waals surface area contributed by atoms with Crippen LogP contribution in [-0.4, -0.2) is 14.5 Å². The second-order valence-electron chi connectivity index (χ2n) is 2.66. The lowest BCUT2D eigenvalue weighted by Gasteiger charge is -1.98. The minimum Gasteiger partial charge on any atom is -0.383 e. The van der Waals surface area contributed by atoms with Gasteiger partial charge in [-0.05, 0) is 34.2 Å². The number of rotatable bonds is 0. The summed E-state index contributed by atoms with van der Waals surface area (Å²) in [6.07, 6.45) is 1.94. The Kier molecular flexibility index (Phi) is 2.07. The summed E-state index contributed by atoms with van der Waals surface area (Å²) in [5.74, 6) is 0.431. The molecule has 0 amide bonds. The maximum Gasteiger partial charge on any atom is 0.226 e. The summed E-state index contributed by atoms with van der Waals surface area (Å²) in [5.41, 5.74) is 6.48. The molecule has 68 valence electrons. The normalized spacial score (nSPS) is 11.0. The van der Waals surface area contributed by atoms with Crippen LogP contribution >= 0.6 is 34.2 Å². The predicted octanol–water partition coefficient (Wildman–Crippen LogP) is 1.81. The fourth-order valence-corrected chi connectivity index (χ4v) is 2.32. The van der Waals surface area contributed by atoms with E-state index < -0.39 is 0 Å². The lowest BCUT2D eigenvalue weighted by atomic mass is 10.4. The molecule has 2 aromatic heterocycles. The molecule has 2 heterocycles.